The number of imidazole rings is 1. The fraction of sp³-hybridized carbons (Fsp3) is 0.438. The molecule has 0 aliphatic carbocycles. The number of alkyl halides is 3. The van der Waals surface area contributed by atoms with Crippen LogP contribution in [-0.4, -0.2) is 58.9 Å². The van der Waals surface area contributed by atoms with Gasteiger partial charge in [-0.2, -0.15) is 13.2 Å². The lowest BCUT2D eigenvalue weighted by Gasteiger charge is -2.19. The smallest absolute Gasteiger partial charge is 0.406 e. The number of carbonyl (C=O) groups is 1. The van der Waals surface area contributed by atoms with Crippen LogP contribution in [0, 0.1) is 0 Å². The number of amides is 1. The van der Waals surface area contributed by atoms with Crippen LogP contribution in [0.5, 0.6) is 5.88 Å². The van der Waals surface area contributed by atoms with E-state index in [0.29, 0.717) is 6.61 Å². The third-order valence-electron chi connectivity index (χ3n) is 3.40. The minimum Gasteiger partial charge on any atom is -0.475 e. The third kappa shape index (κ3) is 5.45. The molecule has 2 aromatic heterocycles. The van der Waals surface area contributed by atoms with Crippen molar-refractivity contribution in [1.29, 1.82) is 0 Å². The minimum absolute atomic E-state index is 0.0890. The maximum absolute atomic E-state index is 12.6. The zero-order valence-corrected chi connectivity index (χ0v) is 14.4. The molecular weight excluding hydrogens is 353 g/mol. The number of nitrogens with zero attached hydrogens (tertiary/aromatic N) is 4. The SMILES string of the molecule is COCCOc1ncccc1C(=O)N(C)Cc1nccn1CC(F)(F)F. The Hall–Kier alpha value is -2.62. The first-order valence-electron chi connectivity index (χ1n) is 7.71. The van der Waals surface area contributed by atoms with E-state index in [-0.39, 0.29) is 30.4 Å². The Balaban J connectivity index is 2.10. The van der Waals surface area contributed by atoms with Crippen LogP contribution in [0.2, 0.25) is 0 Å². The van der Waals surface area contributed by atoms with Crippen molar-refractivity contribution >= 4 is 5.91 Å². The van der Waals surface area contributed by atoms with E-state index in [1.807, 2.05) is 0 Å². The Labute approximate surface area is 148 Å². The second-order valence-corrected chi connectivity index (χ2v) is 5.45. The molecule has 7 nitrogen and oxygen atoms in total. The molecule has 142 valence electrons. The summed E-state index contributed by atoms with van der Waals surface area (Å²) in [7, 11) is 2.99. The van der Waals surface area contributed by atoms with E-state index in [4.69, 9.17) is 9.47 Å². The van der Waals surface area contributed by atoms with Gasteiger partial charge < -0.3 is 18.9 Å². The molecule has 0 saturated heterocycles. The molecule has 26 heavy (non-hydrogen) atoms. The van der Waals surface area contributed by atoms with Crippen molar-refractivity contribution in [2.75, 3.05) is 27.4 Å². The van der Waals surface area contributed by atoms with Crippen molar-refractivity contribution in [3.63, 3.8) is 0 Å². The van der Waals surface area contributed by atoms with Gasteiger partial charge in [-0.05, 0) is 12.1 Å². The molecule has 1 amide bonds. The number of methoxy groups -OCH3 is 1. The molecule has 2 heterocycles. The van der Waals surface area contributed by atoms with Gasteiger partial charge in [0.25, 0.3) is 5.91 Å². The third-order valence-corrected chi connectivity index (χ3v) is 3.40. The highest BCUT2D eigenvalue weighted by atomic mass is 19.4. The fourth-order valence-electron chi connectivity index (χ4n) is 2.21. The number of aromatic nitrogens is 3. The molecule has 0 fully saturated rings. The maximum atomic E-state index is 12.6. The molecule has 0 saturated carbocycles. The van der Waals surface area contributed by atoms with Gasteiger partial charge in [0.05, 0.1) is 13.2 Å². The van der Waals surface area contributed by atoms with Gasteiger partial charge >= 0.3 is 6.18 Å². The lowest BCUT2D eigenvalue weighted by Crippen LogP contribution is -2.29. The van der Waals surface area contributed by atoms with Crippen LogP contribution in [0.3, 0.4) is 0 Å². The molecule has 0 spiro atoms. The van der Waals surface area contributed by atoms with Gasteiger partial charge in [0.2, 0.25) is 5.88 Å². The second kappa shape index (κ2) is 8.65. The summed E-state index contributed by atoms with van der Waals surface area (Å²) in [4.78, 5) is 21.8. The first-order valence-corrected chi connectivity index (χ1v) is 7.71. The van der Waals surface area contributed by atoms with Gasteiger partial charge in [0.1, 0.15) is 24.5 Å². The number of rotatable bonds is 8. The van der Waals surface area contributed by atoms with E-state index in [2.05, 4.69) is 9.97 Å². The highest BCUT2D eigenvalue weighted by Crippen LogP contribution is 2.20. The molecule has 0 radical (unpaired) electrons. The molecule has 0 aliphatic heterocycles. The van der Waals surface area contributed by atoms with Crippen LogP contribution in [0.25, 0.3) is 0 Å². The van der Waals surface area contributed by atoms with Crippen LogP contribution in [0.4, 0.5) is 13.2 Å². The summed E-state index contributed by atoms with van der Waals surface area (Å²) in [5, 5.41) is 0. The highest BCUT2D eigenvalue weighted by Gasteiger charge is 2.29. The monoisotopic (exact) mass is 372 g/mol. The van der Waals surface area contributed by atoms with Crippen LogP contribution < -0.4 is 4.74 Å². The Bertz CT molecular complexity index is 734. The van der Waals surface area contributed by atoms with Crippen LogP contribution in [0.1, 0.15) is 16.2 Å². The average molecular weight is 372 g/mol. The molecule has 0 unspecified atom stereocenters. The molecule has 2 rings (SSSR count). The van der Waals surface area contributed by atoms with E-state index >= 15 is 0 Å². The van der Waals surface area contributed by atoms with Crippen molar-refractivity contribution in [2.24, 2.45) is 0 Å². The topological polar surface area (TPSA) is 69.5 Å². The van der Waals surface area contributed by atoms with E-state index in [1.54, 1.807) is 6.07 Å². The predicted octanol–water partition coefficient (Wildman–Crippen LogP) is 2.14. The van der Waals surface area contributed by atoms with Crippen LogP contribution >= 0.6 is 0 Å². The average Bonchev–Trinajstić information content (AvgIpc) is 2.99. The van der Waals surface area contributed by atoms with Crippen molar-refractivity contribution in [2.45, 2.75) is 19.3 Å². The zero-order valence-electron chi connectivity index (χ0n) is 14.4. The standard InChI is InChI=1S/C16H19F3N4O3/c1-22(10-13-20-6-7-23(13)11-16(17,18)19)15(24)12-4-3-5-21-14(12)26-9-8-25-2/h3-7H,8-11H2,1-2H3. The van der Waals surface area contributed by atoms with E-state index in [0.717, 1.165) is 4.57 Å². The molecule has 0 atom stereocenters. The molecular formula is C16H19F3N4O3. The Morgan fingerprint density at radius 3 is 2.73 bits per heavy atom. The van der Waals surface area contributed by atoms with Crippen molar-refractivity contribution in [3.8, 4) is 5.88 Å². The Kier molecular flexibility index (Phi) is 6.56. The van der Waals surface area contributed by atoms with Gasteiger partial charge in [-0.3, -0.25) is 4.79 Å². The number of pyridine rings is 1. The quantitative estimate of drug-likeness (QED) is 0.664. The van der Waals surface area contributed by atoms with Gasteiger partial charge in [-0.15, -0.1) is 0 Å². The number of carbonyl (C=O) groups excluding carboxylic acids is 1. The van der Waals surface area contributed by atoms with Crippen molar-refractivity contribution in [1.82, 2.24) is 19.4 Å². The second-order valence-electron chi connectivity index (χ2n) is 5.45. The van der Waals surface area contributed by atoms with Crippen LogP contribution in [-0.2, 0) is 17.8 Å². The first kappa shape index (κ1) is 19.7. The number of hydrogen-bond acceptors (Lipinski definition) is 5. The van der Waals surface area contributed by atoms with Crippen LogP contribution in [0.15, 0.2) is 30.7 Å². The molecule has 2 aromatic rings. The Morgan fingerprint density at radius 2 is 2.04 bits per heavy atom. The molecule has 0 aliphatic rings. The molecule has 0 N–H and O–H groups in total. The van der Waals surface area contributed by atoms with Crippen molar-refractivity contribution < 1.29 is 27.4 Å². The summed E-state index contributed by atoms with van der Waals surface area (Å²) in [5.74, 6) is -0.170. The number of ether oxygens (including phenoxy) is 2. The number of hydrogen-bond donors (Lipinski definition) is 0. The summed E-state index contributed by atoms with van der Waals surface area (Å²) in [6.07, 6.45) is -0.397. The fourth-order valence-corrected chi connectivity index (χ4v) is 2.21. The summed E-state index contributed by atoms with van der Waals surface area (Å²) in [6, 6.07) is 3.12. The number of halogens is 3. The zero-order chi connectivity index (χ0) is 19.2. The normalized spacial score (nSPS) is 11.4. The van der Waals surface area contributed by atoms with Gasteiger partial charge in [0.15, 0.2) is 0 Å². The van der Waals surface area contributed by atoms with Crippen molar-refractivity contribution in [3.05, 3.63) is 42.1 Å². The van der Waals surface area contributed by atoms with E-state index < -0.39 is 18.6 Å². The Morgan fingerprint density at radius 1 is 1.27 bits per heavy atom. The van der Waals surface area contributed by atoms with E-state index in [9.17, 15) is 18.0 Å². The minimum atomic E-state index is -4.37. The predicted molar refractivity (Wildman–Crippen MR) is 85.7 cm³/mol. The highest BCUT2D eigenvalue weighted by molar-refractivity contribution is 5.96. The first-order chi connectivity index (χ1) is 12.3. The lowest BCUT2D eigenvalue weighted by molar-refractivity contribution is -0.141. The van der Waals surface area contributed by atoms with E-state index in [1.165, 1.54) is 43.7 Å². The summed E-state index contributed by atoms with van der Waals surface area (Å²) < 4.78 is 49.1. The largest absolute Gasteiger partial charge is 0.475 e. The summed E-state index contributed by atoms with van der Waals surface area (Å²) in [6.45, 7) is -0.709. The van der Waals surface area contributed by atoms with Gasteiger partial charge in [0, 0.05) is 32.7 Å². The molecule has 0 bridgehead atoms. The molecule has 0 aromatic carbocycles. The summed E-state index contributed by atoms with van der Waals surface area (Å²) >= 11 is 0. The van der Waals surface area contributed by atoms with Gasteiger partial charge in [-0.25, -0.2) is 9.97 Å². The lowest BCUT2D eigenvalue weighted by atomic mass is 10.2. The summed E-state index contributed by atoms with van der Waals surface area (Å²) in [5.41, 5.74) is 0.208. The molecule has 10 heteroatoms. The maximum Gasteiger partial charge on any atom is 0.406 e. The van der Waals surface area contributed by atoms with Gasteiger partial charge in [-0.1, -0.05) is 0 Å².